The highest BCUT2D eigenvalue weighted by Crippen LogP contribution is 2.13. The minimum Gasteiger partial charge on any atom is -0.463 e. The van der Waals surface area contributed by atoms with Crippen molar-refractivity contribution in [2.45, 2.75) is 39.0 Å². The average Bonchev–Trinajstić information content (AvgIpc) is 2.96. The van der Waals surface area contributed by atoms with Crippen molar-refractivity contribution in [1.82, 2.24) is 5.32 Å². The number of benzene rings is 1. The lowest BCUT2D eigenvalue weighted by Crippen LogP contribution is -2.46. The molecule has 0 spiro atoms. The minimum absolute atomic E-state index is 0.0987. The van der Waals surface area contributed by atoms with E-state index in [0.29, 0.717) is 6.42 Å². The first-order valence-electron chi connectivity index (χ1n) is 7.81. The third-order valence-electron chi connectivity index (χ3n) is 3.55. The molecule has 1 fully saturated rings. The van der Waals surface area contributed by atoms with Gasteiger partial charge in [0.15, 0.2) is 0 Å². The van der Waals surface area contributed by atoms with E-state index in [9.17, 15) is 14.4 Å². The first-order valence-corrected chi connectivity index (χ1v) is 7.81. The van der Waals surface area contributed by atoms with Crippen LogP contribution in [0.25, 0.3) is 0 Å². The molecular weight excluding hydrogens is 314 g/mol. The van der Waals surface area contributed by atoms with Gasteiger partial charge in [-0.3, -0.25) is 0 Å². The minimum atomic E-state index is -0.902. The molecule has 1 N–H and O–H groups in total. The van der Waals surface area contributed by atoms with Gasteiger partial charge >= 0.3 is 18.0 Å². The lowest BCUT2D eigenvalue weighted by molar-refractivity contribution is -0.162. The summed E-state index contributed by atoms with van der Waals surface area (Å²) in [6.07, 6.45) is -1.29. The maximum Gasteiger partial charge on any atom is 0.408 e. The second kappa shape index (κ2) is 8.33. The van der Waals surface area contributed by atoms with E-state index in [0.717, 1.165) is 5.56 Å². The molecule has 0 aromatic heterocycles. The third kappa shape index (κ3) is 4.97. The van der Waals surface area contributed by atoms with Crippen molar-refractivity contribution in [1.29, 1.82) is 0 Å². The first-order chi connectivity index (χ1) is 11.5. The maximum atomic E-state index is 12.2. The summed E-state index contributed by atoms with van der Waals surface area (Å²) in [6.45, 7) is 3.85. The number of hydrogen-bond acceptors (Lipinski definition) is 6. The van der Waals surface area contributed by atoms with Crippen LogP contribution in [0.3, 0.4) is 0 Å². The molecule has 1 heterocycles. The molecule has 2 atom stereocenters. The van der Waals surface area contributed by atoms with Crippen molar-refractivity contribution in [2.75, 3.05) is 6.61 Å². The van der Waals surface area contributed by atoms with Gasteiger partial charge in [-0.25, -0.2) is 14.4 Å². The molecule has 0 saturated carbocycles. The predicted molar refractivity (Wildman–Crippen MR) is 83.8 cm³/mol. The van der Waals surface area contributed by atoms with E-state index in [1.807, 2.05) is 30.3 Å². The summed E-state index contributed by atoms with van der Waals surface area (Å²) in [5, 5.41) is 2.49. The summed E-state index contributed by atoms with van der Waals surface area (Å²) >= 11 is 0. The molecule has 2 unspecified atom stereocenters. The molecule has 1 saturated heterocycles. The van der Waals surface area contributed by atoms with Gasteiger partial charge in [-0.05, 0) is 11.5 Å². The summed E-state index contributed by atoms with van der Waals surface area (Å²) in [7, 11) is 0. The smallest absolute Gasteiger partial charge is 0.408 e. The number of rotatable bonds is 6. The Balaban J connectivity index is 1.86. The van der Waals surface area contributed by atoms with E-state index < -0.39 is 30.2 Å². The van der Waals surface area contributed by atoms with Crippen LogP contribution >= 0.6 is 0 Å². The molecule has 1 aromatic rings. The number of alkyl carbamates (subject to hydrolysis) is 1. The van der Waals surface area contributed by atoms with Gasteiger partial charge in [0.25, 0.3) is 0 Å². The lowest BCUT2D eigenvalue weighted by atomic mass is 10.1. The van der Waals surface area contributed by atoms with Crippen molar-refractivity contribution in [3.8, 4) is 0 Å². The van der Waals surface area contributed by atoms with Gasteiger partial charge in [0, 0.05) is 6.42 Å². The van der Waals surface area contributed by atoms with Gasteiger partial charge in [0.05, 0.1) is 6.61 Å². The highest BCUT2D eigenvalue weighted by atomic mass is 16.6. The van der Waals surface area contributed by atoms with E-state index in [1.165, 1.54) is 0 Å². The topological polar surface area (TPSA) is 90.9 Å². The summed E-state index contributed by atoms with van der Waals surface area (Å²) in [5.74, 6) is -1.46. The predicted octanol–water partition coefficient (Wildman–Crippen LogP) is 1.80. The van der Waals surface area contributed by atoms with Gasteiger partial charge in [-0.1, -0.05) is 44.2 Å². The van der Waals surface area contributed by atoms with E-state index in [2.05, 4.69) is 5.32 Å². The Morgan fingerprint density at radius 2 is 2.00 bits per heavy atom. The number of amides is 1. The highest BCUT2D eigenvalue weighted by Gasteiger charge is 2.34. The molecule has 1 aliphatic heterocycles. The number of carbonyl (C=O) groups excluding carboxylic acids is 3. The number of hydrogen-bond donors (Lipinski definition) is 1. The molecule has 2 rings (SSSR count). The second-order valence-electron chi connectivity index (χ2n) is 5.81. The van der Waals surface area contributed by atoms with Crippen LogP contribution in [0, 0.1) is 5.92 Å². The van der Waals surface area contributed by atoms with E-state index >= 15 is 0 Å². The van der Waals surface area contributed by atoms with Crippen LogP contribution in [0.4, 0.5) is 4.79 Å². The van der Waals surface area contributed by atoms with Crippen LogP contribution in [0.2, 0.25) is 0 Å². The molecule has 7 heteroatoms. The largest absolute Gasteiger partial charge is 0.463 e. The third-order valence-corrected chi connectivity index (χ3v) is 3.55. The molecule has 1 amide bonds. The van der Waals surface area contributed by atoms with Crippen LogP contribution in [0.15, 0.2) is 30.3 Å². The second-order valence-corrected chi connectivity index (χ2v) is 5.81. The number of ether oxygens (including phenoxy) is 3. The molecule has 1 aromatic carbocycles. The van der Waals surface area contributed by atoms with E-state index in [4.69, 9.17) is 14.2 Å². The average molecular weight is 335 g/mol. The zero-order valence-electron chi connectivity index (χ0n) is 13.7. The highest BCUT2D eigenvalue weighted by molar-refractivity contribution is 5.85. The summed E-state index contributed by atoms with van der Waals surface area (Å²) < 4.78 is 15.0. The van der Waals surface area contributed by atoms with Gasteiger partial charge in [-0.15, -0.1) is 0 Å². The Kier molecular flexibility index (Phi) is 6.17. The number of carbonyl (C=O) groups is 3. The lowest BCUT2D eigenvalue weighted by Gasteiger charge is -2.21. The molecule has 24 heavy (non-hydrogen) atoms. The Labute approximate surface area is 140 Å². The fraction of sp³-hybridized carbons (Fsp3) is 0.471. The van der Waals surface area contributed by atoms with Gasteiger partial charge in [0.2, 0.25) is 6.10 Å². The van der Waals surface area contributed by atoms with Gasteiger partial charge in [-0.2, -0.15) is 0 Å². The van der Waals surface area contributed by atoms with E-state index in [-0.39, 0.29) is 19.1 Å². The summed E-state index contributed by atoms with van der Waals surface area (Å²) in [5.41, 5.74) is 0.838. The number of cyclic esters (lactones) is 1. The van der Waals surface area contributed by atoms with Crippen molar-refractivity contribution in [2.24, 2.45) is 5.92 Å². The van der Waals surface area contributed by atoms with Gasteiger partial charge < -0.3 is 19.5 Å². The van der Waals surface area contributed by atoms with Crippen LogP contribution in [-0.4, -0.2) is 36.8 Å². The summed E-state index contributed by atoms with van der Waals surface area (Å²) in [6, 6.07) is 8.29. The van der Waals surface area contributed by atoms with Crippen LogP contribution < -0.4 is 5.32 Å². The molecule has 0 radical (unpaired) electrons. The Bertz CT molecular complexity index is 586. The van der Waals surface area contributed by atoms with Crippen molar-refractivity contribution < 1.29 is 28.6 Å². The number of nitrogens with one attached hydrogen (secondary N) is 1. The maximum absolute atomic E-state index is 12.2. The molecule has 130 valence electrons. The van der Waals surface area contributed by atoms with Crippen molar-refractivity contribution >= 4 is 18.0 Å². The molecule has 0 aliphatic carbocycles. The Morgan fingerprint density at radius 3 is 2.58 bits per heavy atom. The first kappa shape index (κ1) is 17.8. The van der Waals surface area contributed by atoms with E-state index in [1.54, 1.807) is 13.8 Å². The molecule has 7 nitrogen and oxygen atoms in total. The van der Waals surface area contributed by atoms with Crippen LogP contribution in [-0.2, 0) is 30.4 Å². The zero-order chi connectivity index (χ0) is 17.5. The normalized spacial score (nSPS) is 18.0. The van der Waals surface area contributed by atoms with Crippen LogP contribution in [0.1, 0.15) is 25.8 Å². The number of esters is 2. The Hall–Kier alpha value is -2.57. The fourth-order valence-corrected chi connectivity index (χ4v) is 2.19. The molecule has 0 bridgehead atoms. The molecule has 1 aliphatic rings. The summed E-state index contributed by atoms with van der Waals surface area (Å²) in [4.78, 5) is 35.5. The standard InChI is InChI=1S/C17H21NO6/c1-11(2)14(16(20)24-13-8-9-22-15(13)19)18-17(21)23-10-12-6-4-3-5-7-12/h3-7,11,13-14H,8-10H2,1-2H3,(H,18,21). The van der Waals surface area contributed by atoms with Gasteiger partial charge in [0.1, 0.15) is 12.6 Å². The molecular formula is C17H21NO6. The fourth-order valence-electron chi connectivity index (χ4n) is 2.19. The van der Waals surface area contributed by atoms with Crippen LogP contribution in [0.5, 0.6) is 0 Å². The monoisotopic (exact) mass is 335 g/mol. The zero-order valence-corrected chi connectivity index (χ0v) is 13.7. The SMILES string of the molecule is CC(C)C(NC(=O)OCc1ccccc1)C(=O)OC1CCOC1=O. The van der Waals surface area contributed by atoms with Crippen molar-refractivity contribution in [3.63, 3.8) is 0 Å². The van der Waals surface area contributed by atoms with Crippen molar-refractivity contribution in [3.05, 3.63) is 35.9 Å². The Morgan fingerprint density at radius 1 is 1.29 bits per heavy atom. The quantitative estimate of drug-likeness (QED) is 0.630.